The topological polar surface area (TPSA) is 50.7 Å². The van der Waals surface area contributed by atoms with Gasteiger partial charge in [-0.1, -0.05) is 66.2 Å². The lowest BCUT2D eigenvalue weighted by Crippen LogP contribution is -2.17. The molecule has 0 spiro atoms. The maximum atomic E-state index is 12.2. The minimum absolute atomic E-state index is 0.282. The molecular weight excluding hydrogens is 396 g/mol. The Labute approximate surface area is 179 Å². The maximum Gasteiger partial charge on any atom is 0.271 e. The van der Waals surface area contributed by atoms with Crippen LogP contribution in [0, 0.1) is 0 Å². The van der Waals surface area contributed by atoms with E-state index in [0.29, 0.717) is 17.2 Å². The molecule has 1 N–H and O–H groups in total. The molecule has 0 fully saturated rings. The summed E-state index contributed by atoms with van der Waals surface area (Å²) >= 11 is 5.93. The van der Waals surface area contributed by atoms with Crippen LogP contribution in [-0.4, -0.2) is 12.1 Å². The lowest BCUT2D eigenvalue weighted by atomic mass is 10.1. The smallest absolute Gasteiger partial charge is 0.271 e. The SMILES string of the molecule is O=C(N/N=C\c1cccc(Cl)c1)c1ccc(COc2ccc3ccccc3c2)cc1. The van der Waals surface area contributed by atoms with Crippen LogP contribution in [0.4, 0.5) is 0 Å². The summed E-state index contributed by atoms with van der Waals surface area (Å²) in [4.78, 5) is 12.2. The van der Waals surface area contributed by atoms with Gasteiger partial charge in [-0.25, -0.2) is 5.43 Å². The monoisotopic (exact) mass is 414 g/mol. The summed E-state index contributed by atoms with van der Waals surface area (Å²) in [5.41, 5.74) is 4.82. The van der Waals surface area contributed by atoms with Gasteiger partial charge >= 0.3 is 0 Å². The van der Waals surface area contributed by atoms with Gasteiger partial charge in [0.2, 0.25) is 0 Å². The highest BCUT2D eigenvalue weighted by atomic mass is 35.5. The van der Waals surface area contributed by atoms with Crippen LogP contribution in [0.15, 0.2) is 96.1 Å². The van der Waals surface area contributed by atoms with Crippen molar-refractivity contribution in [3.63, 3.8) is 0 Å². The Morgan fingerprint density at radius 2 is 1.70 bits per heavy atom. The number of hydrogen-bond acceptors (Lipinski definition) is 3. The highest BCUT2D eigenvalue weighted by Gasteiger charge is 2.05. The van der Waals surface area contributed by atoms with Gasteiger partial charge in [0.25, 0.3) is 5.91 Å². The largest absolute Gasteiger partial charge is 0.489 e. The van der Waals surface area contributed by atoms with Crippen molar-refractivity contribution >= 4 is 34.5 Å². The molecule has 0 saturated carbocycles. The number of halogens is 1. The normalized spacial score (nSPS) is 11.0. The zero-order valence-electron chi connectivity index (χ0n) is 16.1. The van der Waals surface area contributed by atoms with E-state index in [0.717, 1.165) is 22.3 Å². The third-order valence-corrected chi connectivity index (χ3v) is 4.81. The summed E-state index contributed by atoms with van der Waals surface area (Å²) in [6, 6.07) is 28.7. The fourth-order valence-electron chi connectivity index (χ4n) is 2.99. The number of benzene rings is 4. The third-order valence-electron chi connectivity index (χ3n) is 4.57. The summed E-state index contributed by atoms with van der Waals surface area (Å²) in [6.07, 6.45) is 1.55. The van der Waals surface area contributed by atoms with Gasteiger partial charge in [0.05, 0.1) is 6.21 Å². The first-order valence-electron chi connectivity index (χ1n) is 9.47. The lowest BCUT2D eigenvalue weighted by molar-refractivity contribution is 0.0955. The molecule has 0 atom stereocenters. The van der Waals surface area contributed by atoms with E-state index in [1.54, 1.807) is 30.5 Å². The standard InChI is InChI=1S/C25H19ClN2O2/c26-23-7-3-4-19(14-23)16-27-28-25(29)21-10-8-18(9-11-21)17-30-24-13-12-20-5-1-2-6-22(20)15-24/h1-16H,17H2,(H,28,29)/b27-16-. The molecule has 0 radical (unpaired) electrons. The number of carbonyl (C=O) groups is 1. The minimum atomic E-state index is -0.282. The molecule has 30 heavy (non-hydrogen) atoms. The van der Waals surface area contributed by atoms with E-state index in [1.165, 1.54) is 5.39 Å². The summed E-state index contributed by atoms with van der Waals surface area (Å²) in [5, 5.41) is 6.91. The highest BCUT2D eigenvalue weighted by Crippen LogP contribution is 2.21. The molecule has 1 amide bonds. The van der Waals surface area contributed by atoms with Crippen LogP contribution in [0.5, 0.6) is 5.75 Å². The molecule has 4 rings (SSSR count). The highest BCUT2D eigenvalue weighted by molar-refractivity contribution is 6.30. The van der Waals surface area contributed by atoms with Gasteiger partial charge in [-0.05, 0) is 58.3 Å². The number of nitrogens with zero attached hydrogens (tertiary/aromatic N) is 1. The van der Waals surface area contributed by atoms with Crippen LogP contribution < -0.4 is 10.2 Å². The van der Waals surface area contributed by atoms with Gasteiger partial charge < -0.3 is 4.74 Å². The summed E-state index contributed by atoms with van der Waals surface area (Å²) in [5.74, 6) is 0.529. The molecule has 0 heterocycles. The Morgan fingerprint density at radius 1 is 0.900 bits per heavy atom. The first-order valence-corrected chi connectivity index (χ1v) is 9.85. The van der Waals surface area contributed by atoms with Crippen LogP contribution in [-0.2, 0) is 6.61 Å². The van der Waals surface area contributed by atoms with Gasteiger partial charge in [-0.3, -0.25) is 4.79 Å². The molecule has 0 saturated heterocycles. The van der Waals surface area contributed by atoms with Crippen molar-refractivity contribution in [2.75, 3.05) is 0 Å². The fourth-order valence-corrected chi connectivity index (χ4v) is 3.19. The molecule has 0 aliphatic rings. The Hall–Kier alpha value is -3.63. The number of hydrazone groups is 1. The Bertz CT molecular complexity index is 1200. The third kappa shape index (κ3) is 5.04. The van der Waals surface area contributed by atoms with Gasteiger partial charge in [0.1, 0.15) is 12.4 Å². The predicted molar refractivity (Wildman–Crippen MR) is 121 cm³/mol. The number of hydrogen-bond donors (Lipinski definition) is 1. The number of rotatable bonds is 6. The predicted octanol–water partition coefficient (Wildman–Crippen LogP) is 5.84. The summed E-state index contributed by atoms with van der Waals surface area (Å²) in [6.45, 7) is 0.424. The molecule has 0 aliphatic carbocycles. The van der Waals surface area contributed by atoms with E-state index in [4.69, 9.17) is 16.3 Å². The van der Waals surface area contributed by atoms with E-state index < -0.39 is 0 Å². The van der Waals surface area contributed by atoms with Gasteiger partial charge in [-0.2, -0.15) is 5.10 Å². The van der Waals surface area contributed by atoms with Crippen LogP contribution >= 0.6 is 11.6 Å². The Kier molecular flexibility index (Phi) is 6.06. The zero-order valence-corrected chi connectivity index (χ0v) is 16.8. The Morgan fingerprint density at radius 3 is 2.50 bits per heavy atom. The van der Waals surface area contributed by atoms with Gasteiger partial charge in [0.15, 0.2) is 0 Å². The lowest BCUT2D eigenvalue weighted by Gasteiger charge is -2.08. The summed E-state index contributed by atoms with van der Waals surface area (Å²) < 4.78 is 5.89. The van der Waals surface area contributed by atoms with Crippen molar-refractivity contribution < 1.29 is 9.53 Å². The maximum absolute atomic E-state index is 12.2. The fraction of sp³-hybridized carbons (Fsp3) is 0.0400. The quantitative estimate of drug-likeness (QED) is 0.318. The van der Waals surface area contributed by atoms with Gasteiger partial charge in [0, 0.05) is 10.6 Å². The van der Waals surface area contributed by atoms with Crippen molar-refractivity contribution in [1.29, 1.82) is 0 Å². The van der Waals surface area contributed by atoms with E-state index >= 15 is 0 Å². The molecular formula is C25H19ClN2O2. The second kappa shape index (κ2) is 9.25. The van der Waals surface area contributed by atoms with E-state index in [9.17, 15) is 4.79 Å². The van der Waals surface area contributed by atoms with Crippen molar-refractivity contribution in [1.82, 2.24) is 5.43 Å². The molecule has 4 aromatic rings. The average Bonchev–Trinajstić information content (AvgIpc) is 2.78. The van der Waals surface area contributed by atoms with Gasteiger partial charge in [-0.15, -0.1) is 0 Å². The van der Waals surface area contributed by atoms with Crippen LogP contribution in [0.25, 0.3) is 10.8 Å². The number of ether oxygens (including phenoxy) is 1. The van der Waals surface area contributed by atoms with Crippen LogP contribution in [0.1, 0.15) is 21.5 Å². The van der Waals surface area contributed by atoms with Crippen molar-refractivity contribution in [2.45, 2.75) is 6.61 Å². The molecule has 0 aromatic heterocycles. The van der Waals surface area contributed by atoms with Crippen LogP contribution in [0.3, 0.4) is 0 Å². The number of carbonyl (C=O) groups excluding carboxylic acids is 1. The van der Waals surface area contributed by atoms with Crippen molar-refractivity contribution in [3.05, 3.63) is 113 Å². The molecule has 148 valence electrons. The van der Waals surface area contributed by atoms with E-state index in [-0.39, 0.29) is 5.91 Å². The number of amides is 1. The minimum Gasteiger partial charge on any atom is -0.489 e. The number of nitrogens with one attached hydrogen (secondary N) is 1. The van der Waals surface area contributed by atoms with E-state index in [1.807, 2.05) is 54.6 Å². The molecule has 4 aromatic carbocycles. The molecule has 0 unspecified atom stereocenters. The molecule has 4 nitrogen and oxygen atoms in total. The summed E-state index contributed by atoms with van der Waals surface area (Å²) in [7, 11) is 0. The molecule has 0 bridgehead atoms. The van der Waals surface area contributed by atoms with Crippen molar-refractivity contribution in [2.24, 2.45) is 5.10 Å². The molecule has 5 heteroatoms. The van der Waals surface area contributed by atoms with Crippen molar-refractivity contribution in [3.8, 4) is 5.75 Å². The second-order valence-corrected chi connectivity index (χ2v) is 7.19. The van der Waals surface area contributed by atoms with E-state index in [2.05, 4.69) is 22.7 Å². The first kappa shape index (κ1) is 19.7. The average molecular weight is 415 g/mol. The zero-order chi connectivity index (χ0) is 20.8. The van der Waals surface area contributed by atoms with Crippen LogP contribution in [0.2, 0.25) is 5.02 Å². The first-order chi connectivity index (χ1) is 14.7. The molecule has 0 aliphatic heterocycles. The Balaban J connectivity index is 1.33. The second-order valence-electron chi connectivity index (χ2n) is 6.75. The number of fused-ring (bicyclic) bond motifs is 1.